The molecule has 0 saturated heterocycles. The Balaban J connectivity index is 2.11. The quantitative estimate of drug-likeness (QED) is 0.848. The highest BCUT2D eigenvalue weighted by molar-refractivity contribution is 5.81. The molecule has 0 aliphatic rings. The lowest BCUT2D eigenvalue weighted by molar-refractivity contribution is 0.164. The van der Waals surface area contributed by atoms with Crippen molar-refractivity contribution < 1.29 is 4.74 Å². The molecule has 0 radical (unpaired) electrons. The third-order valence-electron chi connectivity index (χ3n) is 3.18. The molecule has 0 aliphatic heterocycles. The van der Waals surface area contributed by atoms with Crippen LogP contribution in [0.15, 0.2) is 36.5 Å². The molecule has 1 heterocycles. The van der Waals surface area contributed by atoms with Crippen LogP contribution in [-0.4, -0.2) is 24.7 Å². The molecule has 2 rings (SSSR count). The van der Waals surface area contributed by atoms with Crippen molar-refractivity contribution in [3.8, 4) is 0 Å². The van der Waals surface area contributed by atoms with E-state index in [-0.39, 0.29) is 0 Å². The Morgan fingerprint density at radius 2 is 2.11 bits per heavy atom. The van der Waals surface area contributed by atoms with Crippen LogP contribution >= 0.6 is 0 Å². The highest BCUT2D eigenvalue weighted by Crippen LogP contribution is 2.16. The number of pyridine rings is 1. The number of rotatable bonds is 6. The Hall–Kier alpha value is -1.45. The number of para-hydroxylation sites is 1. The largest absolute Gasteiger partial charge is 0.383 e. The van der Waals surface area contributed by atoms with Crippen molar-refractivity contribution in [1.29, 1.82) is 0 Å². The van der Waals surface area contributed by atoms with Crippen LogP contribution in [0.1, 0.15) is 18.9 Å². The van der Waals surface area contributed by atoms with Gasteiger partial charge >= 0.3 is 0 Å². The van der Waals surface area contributed by atoms with Crippen molar-refractivity contribution >= 4 is 10.9 Å². The van der Waals surface area contributed by atoms with Crippen LogP contribution in [0.5, 0.6) is 0 Å². The van der Waals surface area contributed by atoms with E-state index in [2.05, 4.69) is 35.4 Å². The molecule has 18 heavy (non-hydrogen) atoms. The molecular formula is C15H20N2O. The van der Waals surface area contributed by atoms with E-state index in [0.29, 0.717) is 6.04 Å². The standard InChI is InChI=1S/C15H20N2O/c1-3-13(11-18-2)17-10-12-8-9-16-15-7-5-4-6-14(12)15/h4-9,13,17H,3,10-11H2,1-2H3. The van der Waals surface area contributed by atoms with E-state index >= 15 is 0 Å². The first-order valence-corrected chi connectivity index (χ1v) is 6.40. The van der Waals surface area contributed by atoms with E-state index in [1.54, 1.807) is 7.11 Å². The van der Waals surface area contributed by atoms with Crippen LogP contribution in [0.4, 0.5) is 0 Å². The van der Waals surface area contributed by atoms with Crippen molar-refractivity contribution in [3.63, 3.8) is 0 Å². The van der Waals surface area contributed by atoms with Gasteiger partial charge in [0.15, 0.2) is 0 Å². The van der Waals surface area contributed by atoms with Crippen LogP contribution in [0.3, 0.4) is 0 Å². The van der Waals surface area contributed by atoms with Gasteiger partial charge in [-0.3, -0.25) is 4.98 Å². The van der Waals surface area contributed by atoms with Gasteiger partial charge in [-0.2, -0.15) is 0 Å². The Kier molecular flexibility index (Phi) is 4.67. The molecule has 0 spiro atoms. The molecule has 3 nitrogen and oxygen atoms in total. The van der Waals surface area contributed by atoms with Gasteiger partial charge in [0.2, 0.25) is 0 Å². The number of nitrogens with one attached hydrogen (secondary N) is 1. The van der Waals surface area contributed by atoms with Gasteiger partial charge in [-0.15, -0.1) is 0 Å². The molecule has 1 unspecified atom stereocenters. The zero-order chi connectivity index (χ0) is 12.8. The summed E-state index contributed by atoms with van der Waals surface area (Å²) in [5.74, 6) is 0. The van der Waals surface area contributed by atoms with E-state index in [4.69, 9.17) is 4.74 Å². The lowest BCUT2D eigenvalue weighted by Crippen LogP contribution is -2.32. The summed E-state index contributed by atoms with van der Waals surface area (Å²) in [4.78, 5) is 4.37. The van der Waals surface area contributed by atoms with Gasteiger partial charge in [-0.1, -0.05) is 25.1 Å². The van der Waals surface area contributed by atoms with Gasteiger partial charge in [0.25, 0.3) is 0 Å². The van der Waals surface area contributed by atoms with E-state index in [1.165, 1.54) is 10.9 Å². The average molecular weight is 244 g/mol. The summed E-state index contributed by atoms with van der Waals surface area (Å²) >= 11 is 0. The van der Waals surface area contributed by atoms with Crippen LogP contribution < -0.4 is 5.32 Å². The molecule has 1 N–H and O–H groups in total. The molecule has 0 saturated carbocycles. The number of benzene rings is 1. The first-order valence-electron chi connectivity index (χ1n) is 6.40. The molecule has 96 valence electrons. The van der Waals surface area contributed by atoms with Gasteiger partial charge < -0.3 is 10.1 Å². The smallest absolute Gasteiger partial charge is 0.0705 e. The molecule has 2 aromatic rings. The molecule has 1 aromatic heterocycles. The fourth-order valence-electron chi connectivity index (χ4n) is 2.09. The molecule has 1 atom stereocenters. The van der Waals surface area contributed by atoms with Gasteiger partial charge in [-0.05, 0) is 24.1 Å². The maximum Gasteiger partial charge on any atom is 0.0705 e. The monoisotopic (exact) mass is 244 g/mol. The third kappa shape index (κ3) is 3.06. The summed E-state index contributed by atoms with van der Waals surface area (Å²) in [6.45, 7) is 3.77. The van der Waals surface area contributed by atoms with E-state index in [1.807, 2.05) is 18.3 Å². The van der Waals surface area contributed by atoms with Crippen LogP contribution in [0.2, 0.25) is 0 Å². The van der Waals surface area contributed by atoms with E-state index in [9.17, 15) is 0 Å². The summed E-state index contributed by atoms with van der Waals surface area (Å²) in [5, 5.41) is 4.75. The fourth-order valence-corrected chi connectivity index (χ4v) is 2.09. The normalized spacial score (nSPS) is 12.8. The van der Waals surface area contributed by atoms with E-state index in [0.717, 1.165) is 25.1 Å². The number of aromatic nitrogens is 1. The molecule has 0 fully saturated rings. The van der Waals surface area contributed by atoms with Crippen LogP contribution in [0.25, 0.3) is 10.9 Å². The van der Waals surface area contributed by atoms with Crippen LogP contribution in [0, 0.1) is 0 Å². The van der Waals surface area contributed by atoms with Crippen molar-refractivity contribution in [2.24, 2.45) is 0 Å². The average Bonchev–Trinajstić information content (AvgIpc) is 2.43. The summed E-state index contributed by atoms with van der Waals surface area (Å²) < 4.78 is 5.20. The minimum Gasteiger partial charge on any atom is -0.383 e. The minimum atomic E-state index is 0.405. The SMILES string of the molecule is CCC(COC)NCc1ccnc2ccccc12. The second kappa shape index (κ2) is 6.47. The first kappa shape index (κ1) is 13.0. The highest BCUT2D eigenvalue weighted by Gasteiger charge is 2.06. The van der Waals surface area contributed by atoms with E-state index < -0.39 is 0 Å². The van der Waals surface area contributed by atoms with Gasteiger partial charge in [0.05, 0.1) is 12.1 Å². The van der Waals surface area contributed by atoms with Crippen molar-refractivity contribution in [1.82, 2.24) is 10.3 Å². The third-order valence-corrected chi connectivity index (χ3v) is 3.18. The highest BCUT2D eigenvalue weighted by atomic mass is 16.5. The maximum atomic E-state index is 5.20. The zero-order valence-corrected chi connectivity index (χ0v) is 11.0. The minimum absolute atomic E-state index is 0.405. The molecular weight excluding hydrogens is 224 g/mol. The lowest BCUT2D eigenvalue weighted by atomic mass is 10.1. The number of ether oxygens (including phenoxy) is 1. The predicted molar refractivity (Wildman–Crippen MR) is 74.5 cm³/mol. The predicted octanol–water partition coefficient (Wildman–Crippen LogP) is 2.75. The number of nitrogens with zero attached hydrogens (tertiary/aromatic N) is 1. The van der Waals surface area contributed by atoms with Crippen molar-refractivity contribution in [2.45, 2.75) is 25.9 Å². The second-order valence-corrected chi connectivity index (χ2v) is 4.43. The number of hydrogen-bond donors (Lipinski definition) is 1. The Labute approximate surface area is 108 Å². The molecule has 1 aromatic carbocycles. The molecule has 0 amide bonds. The summed E-state index contributed by atoms with van der Waals surface area (Å²) in [6, 6.07) is 10.7. The molecule has 0 aliphatic carbocycles. The molecule has 3 heteroatoms. The summed E-state index contributed by atoms with van der Waals surface area (Å²) in [5.41, 5.74) is 2.34. The number of methoxy groups -OCH3 is 1. The van der Waals surface area contributed by atoms with Crippen LogP contribution in [-0.2, 0) is 11.3 Å². The Morgan fingerprint density at radius 3 is 2.89 bits per heavy atom. The van der Waals surface area contributed by atoms with Crippen molar-refractivity contribution in [3.05, 3.63) is 42.1 Å². The second-order valence-electron chi connectivity index (χ2n) is 4.43. The Morgan fingerprint density at radius 1 is 1.28 bits per heavy atom. The zero-order valence-electron chi connectivity index (χ0n) is 11.0. The lowest BCUT2D eigenvalue weighted by Gasteiger charge is -2.16. The first-order chi connectivity index (χ1) is 8.85. The molecule has 0 bridgehead atoms. The Bertz CT molecular complexity index is 493. The fraction of sp³-hybridized carbons (Fsp3) is 0.400. The van der Waals surface area contributed by atoms with Crippen molar-refractivity contribution in [2.75, 3.05) is 13.7 Å². The van der Waals surface area contributed by atoms with Gasteiger partial charge in [0, 0.05) is 31.3 Å². The summed E-state index contributed by atoms with van der Waals surface area (Å²) in [7, 11) is 1.74. The van der Waals surface area contributed by atoms with Gasteiger partial charge in [0.1, 0.15) is 0 Å². The topological polar surface area (TPSA) is 34.1 Å². The summed E-state index contributed by atoms with van der Waals surface area (Å²) in [6.07, 6.45) is 2.94. The number of fused-ring (bicyclic) bond motifs is 1. The maximum absolute atomic E-state index is 5.20. The number of hydrogen-bond acceptors (Lipinski definition) is 3. The van der Waals surface area contributed by atoms with Gasteiger partial charge in [-0.25, -0.2) is 0 Å².